The Labute approximate surface area is 184 Å². The van der Waals surface area contributed by atoms with Gasteiger partial charge in [0, 0.05) is 38.2 Å². The van der Waals surface area contributed by atoms with Crippen LogP contribution in [0.15, 0.2) is 30.5 Å². The zero-order valence-corrected chi connectivity index (χ0v) is 17.9. The fraction of sp³-hybridized carbons (Fsp3) is 0.522. The molecule has 1 fully saturated rings. The largest absolute Gasteiger partial charge is 0.466 e. The number of hydrogen-bond donors (Lipinski definition) is 0. The van der Waals surface area contributed by atoms with Gasteiger partial charge < -0.3 is 14.2 Å². The number of esters is 1. The first-order chi connectivity index (χ1) is 15.3. The molecule has 0 saturated carbocycles. The molecule has 2 aliphatic heterocycles. The highest BCUT2D eigenvalue weighted by atomic mass is 19.4. The van der Waals surface area contributed by atoms with Gasteiger partial charge in [-0.1, -0.05) is 18.2 Å². The number of rotatable bonds is 4. The molecule has 2 aliphatic rings. The van der Waals surface area contributed by atoms with Crippen molar-refractivity contribution in [2.24, 2.45) is 5.92 Å². The Morgan fingerprint density at radius 1 is 1.22 bits per heavy atom. The van der Waals surface area contributed by atoms with Crippen LogP contribution < -0.4 is 0 Å². The van der Waals surface area contributed by atoms with Gasteiger partial charge in [-0.15, -0.1) is 0 Å². The van der Waals surface area contributed by atoms with E-state index in [1.807, 2.05) is 4.57 Å². The zero-order chi connectivity index (χ0) is 22.9. The molecule has 0 N–H and O–H groups in total. The van der Waals surface area contributed by atoms with Gasteiger partial charge in [0.1, 0.15) is 11.5 Å². The molecule has 2 aromatic rings. The van der Waals surface area contributed by atoms with Crippen molar-refractivity contribution in [3.63, 3.8) is 0 Å². The van der Waals surface area contributed by atoms with Gasteiger partial charge in [-0.2, -0.15) is 13.2 Å². The van der Waals surface area contributed by atoms with Crippen LogP contribution >= 0.6 is 0 Å². The number of piperidine rings is 1. The summed E-state index contributed by atoms with van der Waals surface area (Å²) in [6.07, 6.45) is -0.0205. The Kier molecular flexibility index (Phi) is 6.26. The van der Waals surface area contributed by atoms with Crippen molar-refractivity contribution in [3.8, 4) is 0 Å². The molecule has 1 aromatic carbocycles. The van der Waals surface area contributed by atoms with E-state index in [2.05, 4.69) is 4.98 Å². The van der Waals surface area contributed by atoms with Crippen LogP contribution in [-0.4, -0.2) is 46.0 Å². The molecule has 9 heteroatoms. The molecule has 0 unspecified atom stereocenters. The second-order valence-corrected chi connectivity index (χ2v) is 8.40. The van der Waals surface area contributed by atoms with E-state index in [1.165, 1.54) is 12.1 Å². The van der Waals surface area contributed by atoms with Crippen molar-refractivity contribution < 1.29 is 27.5 Å². The summed E-state index contributed by atoms with van der Waals surface area (Å²) in [6.45, 7) is 3.41. The number of imidazole rings is 1. The van der Waals surface area contributed by atoms with Gasteiger partial charge in [0.25, 0.3) is 5.91 Å². The van der Waals surface area contributed by atoms with Gasteiger partial charge in [-0.25, -0.2) is 4.98 Å². The molecule has 3 heterocycles. The molecule has 6 nitrogen and oxygen atoms in total. The van der Waals surface area contributed by atoms with E-state index in [1.54, 1.807) is 24.1 Å². The summed E-state index contributed by atoms with van der Waals surface area (Å²) < 4.78 is 46.2. The van der Waals surface area contributed by atoms with Crippen LogP contribution in [0.4, 0.5) is 13.2 Å². The lowest BCUT2D eigenvalue weighted by Crippen LogP contribution is -2.43. The van der Waals surface area contributed by atoms with Crippen molar-refractivity contribution in [2.45, 2.75) is 51.2 Å². The van der Waals surface area contributed by atoms with E-state index < -0.39 is 11.7 Å². The lowest BCUT2D eigenvalue weighted by atomic mass is 9.90. The average Bonchev–Trinajstić information content (AvgIpc) is 3.22. The molecule has 0 bridgehead atoms. The van der Waals surface area contributed by atoms with E-state index in [0.29, 0.717) is 56.8 Å². The Hall–Kier alpha value is -2.84. The predicted octanol–water partition coefficient (Wildman–Crippen LogP) is 4.05. The van der Waals surface area contributed by atoms with Crippen molar-refractivity contribution in [1.82, 2.24) is 14.5 Å². The minimum absolute atomic E-state index is 0.0786. The third-order valence-corrected chi connectivity index (χ3v) is 6.23. The predicted molar refractivity (Wildman–Crippen MR) is 110 cm³/mol. The Balaban J connectivity index is 1.47. The van der Waals surface area contributed by atoms with Crippen LogP contribution in [0.2, 0.25) is 0 Å². The summed E-state index contributed by atoms with van der Waals surface area (Å²) >= 11 is 0. The highest BCUT2D eigenvalue weighted by Crippen LogP contribution is 2.34. The van der Waals surface area contributed by atoms with Gasteiger partial charge >= 0.3 is 12.1 Å². The maximum absolute atomic E-state index is 13.1. The van der Waals surface area contributed by atoms with Crippen LogP contribution in [0.5, 0.6) is 0 Å². The molecule has 1 aromatic heterocycles. The first-order valence-electron chi connectivity index (χ1n) is 11.0. The van der Waals surface area contributed by atoms with E-state index in [0.717, 1.165) is 18.3 Å². The number of likely N-dealkylation sites (tertiary alicyclic amines) is 1. The second kappa shape index (κ2) is 8.96. The SMILES string of the molecule is CCOC(=O)[C@H]1CCCN(C(=O)c2cn3c(n2)CC[C@H](c2cccc(C(F)(F)F)c2)C3)C1. The number of aromatic nitrogens is 2. The number of carbonyl (C=O) groups excluding carboxylic acids is 2. The summed E-state index contributed by atoms with van der Waals surface area (Å²) in [4.78, 5) is 31.2. The number of hydrogen-bond acceptors (Lipinski definition) is 4. The van der Waals surface area contributed by atoms with Crippen LogP contribution in [-0.2, 0) is 28.7 Å². The van der Waals surface area contributed by atoms with Crippen molar-refractivity contribution in [3.05, 3.63) is 53.1 Å². The molecule has 4 rings (SSSR count). The standard InChI is InChI=1S/C23H26F3N3O3/c1-2-32-22(31)17-6-4-10-28(13-17)21(30)19-14-29-12-16(8-9-20(29)27-19)15-5-3-7-18(11-15)23(24,25)26/h3,5,7,11,14,16-17H,2,4,6,8-10,12-13H2,1H3/t16-,17-/m0/s1. The average molecular weight is 449 g/mol. The first-order valence-corrected chi connectivity index (χ1v) is 11.0. The third-order valence-electron chi connectivity index (χ3n) is 6.23. The topological polar surface area (TPSA) is 64.4 Å². The number of alkyl halides is 3. The van der Waals surface area contributed by atoms with Crippen molar-refractivity contribution >= 4 is 11.9 Å². The highest BCUT2D eigenvalue weighted by molar-refractivity contribution is 5.92. The number of fused-ring (bicyclic) bond motifs is 1. The van der Waals surface area contributed by atoms with E-state index in [4.69, 9.17) is 4.74 Å². The maximum atomic E-state index is 13.1. The Bertz CT molecular complexity index is 1000. The van der Waals surface area contributed by atoms with Crippen LogP contribution in [0.3, 0.4) is 0 Å². The summed E-state index contributed by atoms with van der Waals surface area (Å²) in [5.41, 5.74) is 0.304. The van der Waals surface area contributed by atoms with Gasteiger partial charge in [-0.3, -0.25) is 9.59 Å². The van der Waals surface area contributed by atoms with E-state index in [-0.39, 0.29) is 23.7 Å². The molecule has 32 heavy (non-hydrogen) atoms. The minimum Gasteiger partial charge on any atom is -0.466 e. The Morgan fingerprint density at radius 3 is 2.78 bits per heavy atom. The number of halogens is 3. The lowest BCUT2D eigenvalue weighted by molar-refractivity contribution is -0.149. The molecule has 1 amide bonds. The normalized spacial score (nSPS) is 21.2. The van der Waals surface area contributed by atoms with Gasteiger partial charge in [-0.05, 0) is 37.8 Å². The lowest BCUT2D eigenvalue weighted by Gasteiger charge is -2.31. The molecule has 2 atom stereocenters. The van der Waals surface area contributed by atoms with E-state index in [9.17, 15) is 22.8 Å². The minimum atomic E-state index is -4.37. The van der Waals surface area contributed by atoms with Crippen LogP contribution in [0.25, 0.3) is 0 Å². The number of amides is 1. The van der Waals surface area contributed by atoms with Crippen LogP contribution in [0.1, 0.15) is 59.5 Å². The fourth-order valence-corrected chi connectivity index (χ4v) is 4.56. The molecule has 0 spiro atoms. The monoisotopic (exact) mass is 449 g/mol. The van der Waals surface area contributed by atoms with Crippen molar-refractivity contribution in [2.75, 3.05) is 19.7 Å². The van der Waals surface area contributed by atoms with Gasteiger partial charge in [0.05, 0.1) is 18.1 Å². The summed E-state index contributed by atoms with van der Waals surface area (Å²) in [5, 5.41) is 0. The van der Waals surface area contributed by atoms with Gasteiger partial charge in [0.2, 0.25) is 0 Å². The Morgan fingerprint density at radius 2 is 2.03 bits per heavy atom. The first kappa shape index (κ1) is 22.4. The molecule has 1 saturated heterocycles. The second-order valence-electron chi connectivity index (χ2n) is 8.40. The molecular formula is C23H26F3N3O3. The molecular weight excluding hydrogens is 423 g/mol. The summed E-state index contributed by atoms with van der Waals surface area (Å²) in [7, 11) is 0. The zero-order valence-electron chi connectivity index (χ0n) is 17.9. The van der Waals surface area contributed by atoms with E-state index >= 15 is 0 Å². The number of nitrogens with zero attached hydrogens (tertiary/aromatic N) is 3. The molecule has 0 radical (unpaired) electrons. The molecule has 172 valence electrons. The number of benzene rings is 1. The smallest absolute Gasteiger partial charge is 0.416 e. The number of ether oxygens (including phenoxy) is 1. The van der Waals surface area contributed by atoms with Crippen molar-refractivity contribution in [1.29, 1.82) is 0 Å². The maximum Gasteiger partial charge on any atom is 0.416 e. The summed E-state index contributed by atoms with van der Waals surface area (Å²) in [5.74, 6) is -0.148. The highest BCUT2D eigenvalue weighted by Gasteiger charge is 2.33. The quantitative estimate of drug-likeness (QED) is 0.661. The number of carbonyl (C=O) groups is 2. The third kappa shape index (κ3) is 4.66. The van der Waals surface area contributed by atoms with Gasteiger partial charge in [0.15, 0.2) is 0 Å². The number of aryl methyl sites for hydroxylation is 1. The van der Waals surface area contributed by atoms with Crippen LogP contribution in [0, 0.1) is 5.92 Å². The fourth-order valence-electron chi connectivity index (χ4n) is 4.56. The summed E-state index contributed by atoms with van der Waals surface area (Å²) in [6, 6.07) is 5.44. The molecule has 0 aliphatic carbocycles.